The molecule has 0 radical (unpaired) electrons. The number of nitrogens with zero attached hydrogens (tertiary/aromatic N) is 1. The zero-order chi connectivity index (χ0) is 13.0. The van der Waals surface area contributed by atoms with Gasteiger partial charge >= 0.3 is 0 Å². The zero-order valence-electron chi connectivity index (χ0n) is 10.1. The summed E-state index contributed by atoms with van der Waals surface area (Å²) in [6.07, 6.45) is 0. The molecule has 0 amide bonds. The first kappa shape index (κ1) is 12.0. The van der Waals surface area contributed by atoms with Crippen LogP contribution in [0.4, 0.5) is 0 Å². The van der Waals surface area contributed by atoms with Crippen LogP contribution in [0.25, 0.3) is 0 Å². The topological polar surface area (TPSA) is 53.2 Å². The summed E-state index contributed by atoms with van der Waals surface area (Å²) < 4.78 is 5.64. The average molecular weight is 239 g/mol. The van der Waals surface area contributed by atoms with Gasteiger partial charge in [-0.05, 0) is 25.1 Å². The van der Waals surface area contributed by atoms with Crippen molar-refractivity contribution in [3.8, 4) is 17.6 Å². The van der Waals surface area contributed by atoms with E-state index in [0.29, 0.717) is 23.5 Å². The Hall–Kier alpha value is -2.47. The van der Waals surface area contributed by atoms with Gasteiger partial charge in [0.2, 0.25) is 0 Å². The quantitative estimate of drug-likeness (QED) is 0.895. The Morgan fingerprint density at radius 2 is 1.94 bits per heavy atom. The molecule has 90 valence electrons. The standard InChI is InChI=1S/C15H13NO2/c1-11-14(17)7-4-8-15(11)18-10-13-6-3-2-5-12(13)9-16/h2-8,17H,10H2,1H3. The summed E-state index contributed by atoms with van der Waals surface area (Å²) in [6.45, 7) is 2.11. The molecule has 0 aliphatic heterocycles. The fourth-order valence-corrected chi connectivity index (χ4v) is 1.67. The largest absolute Gasteiger partial charge is 0.508 e. The van der Waals surface area contributed by atoms with E-state index in [0.717, 1.165) is 5.56 Å². The summed E-state index contributed by atoms with van der Waals surface area (Å²) >= 11 is 0. The van der Waals surface area contributed by atoms with Gasteiger partial charge in [0.25, 0.3) is 0 Å². The van der Waals surface area contributed by atoms with E-state index in [-0.39, 0.29) is 5.75 Å². The van der Waals surface area contributed by atoms with Crippen LogP contribution in [0.1, 0.15) is 16.7 Å². The van der Waals surface area contributed by atoms with Crippen molar-refractivity contribution in [1.29, 1.82) is 5.26 Å². The Labute approximate surface area is 106 Å². The highest BCUT2D eigenvalue weighted by atomic mass is 16.5. The van der Waals surface area contributed by atoms with Crippen LogP contribution in [0.2, 0.25) is 0 Å². The van der Waals surface area contributed by atoms with Crippen molar-refractivity contribution < 1.29 is 9.84 Å². The number of hydrogen-bond acceptors (Lipinski definition) is 3. The molecule has 0 saturated heterocycles. The smallest absolute Gasteiger partial charge is 0.126 e. The van der Waals surface area contributed by atoms with Gasteiger partial charge in [-0.25, -0.2) is 0 Å². The van der Waals surface area contributed by atoms with Crippen molar-refractivity contribution in [3.05, 3.63) is 59.2 Å². The Bertz CT molecular complexity index is 600. The number of phenols is 1. The van der Waals surface area contributed by atoms with Crippen LogP contribution in [0.5, 0.6) is 11.5 Å². The maximum atomic E-state index is 9.57. The number of ether oxygens (including phenoxy) is 1. The van der Waals surface area contributed by atoms with Gasteiger partial charge in [-0.1, -0.05) is 24.3 Å². The van der Waals surface area contributed by atoms with Crippen LogP contribution in [-0.4, -0.2) is 5.11 Å². The van der Waals surface area contributed by atoms with Gasteiger partial charge < -0.3 is 9.84 Å². The summed E-state index contributed by atoms with van der Waals surface area (Å²) in [5.74, 6) is 0.837. The second-order valence-electron chi connectivity index (χ2n) is 3.96. The first-order valence-corrected chi connectivity index (χ1v) is 5.61. The summed E-state index contributed by atoms with van der Waals surface area (Å²) in [5.41, 5.74) is 2.14. The molecule has 0 unspecified atom stereocenters. The lowest BCUT2D eigenvalue weighted by molar-refractivity contribution is 0.301. The molecule has 0 spiro atoms. The van der Waals surface area contributed by atoms with E-state index in [1.54, 1.807) is 31.2 Å². The van der Waals surface area contributed by atoms with E-state index in [1.165, 1.54) is 0 Å². The maximum Gasteiger partial charge on any atom is 0.126 e. The molecule has 0 aliphatic carbocycles. The molecule has 2 rings (SSSR count). The van der Waals surface area contributed by atoms with Crippen molar-refractivity contribution in [2.45, 2.75) is 13.5 Å². The molecule has 0 aliphatic rings. The second-order valence-corrected chi connectivity index (χ2v) is 3.96. The van der Waals surface area contributed by atoms with E-state index in [1.807, 2.05) is 18.2 Å². The molecule has 0 fully saturated rings. The number of phenolic OH excluding ortho intramolecular Hbond substituents is 1. The Kier molecular flexibility index (Phi) is 3.49. The molecule has 0 atom stereocenters. The molecule has 0 bridgehead atoms. The molecule has 18 heavy (non-hydrogen) atoms. The zero-order valence-corrected chi connectivity index (χ0v) is 10.1. The fourth-order valence-electron chi connectivity index (χ4n) is 1.67. The summed E-state index contributed by atoms with van der Waals surface area (Å²) in [4.78, 5) is 0. The third-order valence-corrected chi connectivity index (χ3v) is 2.78. The number of nitriles is 1. The monoisotopic (exact) mass is 239 g/mol. The van der Waals surface area contributed by atoms with Crippen LogP contribution in [-0.2, 0) is 6.61 Å². The Morgan fingerprint density at radius 3 is 2.72 bits per heavy atom. The van der Waals surface area contributed by atoms with Gasteiger partial charge in [-0.3, -0.25) is 0 Å². The van der Waals surface area contributed by atoms with Gasteiger partial charge in [0.1, 0.15) is 18.1 Å². The highest BCUT2D eigenvalue weighted by Gasteiger charge is 2.06. The summed E-state index contributed by atoms with van der Waals surface area (Å²) in [7, 11) is 0. The minimum absolute atomic E-state index is 0.209. The number of aromatic hydroxyl groups is 1. The second kappa shape index (κ2) is 5.24. The molecule has 0 aromatic heterocycles. The fraction of sp³-hybridized carbons (Fsp3) is 0.133. The van der Waals surface area contributed by atoms with Crippen molar-refractivity contribution in [2.24, 2.45) is 0 Å². The van der Waals surface area contributed by atoms with Gasteiger partial charge in [0, 0.05) is 11.1 Å². The minimum Gasteiger partial charge on any atom is -0.508 e. The Balaban J connectivity index is 2.17. The third kappa shape index (κ3) is 2.44. The van der Waals surface area contributed by atoms with E-state index in [4.69, 9.17) is 10.00 Å². The number of hydrogen-bond donors (Lipinski definition) is 1. The number of rotatable bonds is 3. The van der Waals surface area contributed by atoms with Crippen LogP contribution >= 0.6 is 0 Å². The van der Waals surface area contributed by atoms with Gasteiger partial charge in [0.15, 0.2) is 0 Å². The van der Waals surface area contributed by atoms with Crippen molar-refractivity contribution in [3.63, 3.8) is 0 Å². The SMILES string of the molecule is Cc1c(O)cccc1OCc1ccccc1C#N. The molecule has 1 N–H and O–H groups in total. The molecular weight excluding hydrogens is 226 g/mol. The maximum absolute atomic E-state index is 9.57. The number of benzene rings is 2. The summed E-state index contributed by atoms with van der Waals surface area (Å²) in [5, 5.41) is 18.5. The highest BCUT2D eigenvalue weighted by Crippen LogP contribution is 2.26. The molecule has 0 saturated carbocycles. The molecule has 3 heteroatoms. The van der Waals surface area contributed by atoms with Crippen LogP contribution in [0.15, 0.2) is 42.5 Å². The molecule has 2 aromatic carbocycles. The molecule has 0 heterocycles. The van der Waals surface area contributed by atoms with E-state index in [2.05, 4.69) is 6.07 Å². The normalized spacial score (nSPS) is 9.78. The van der Waals surface area contributed by atoms with Crippen LogP contribution < -0.4 is 4.74 Å². The van der Waals surface area contributed by atoms with Crippen molar-refractivity contribution >= 4 is 0 Å². The predicted molar refractivity (Wildman–Crippen MR) is 68.3 cm³/mol. The van der Waals surface area contributed by atoms with E-state index in [9.17, 15) is 5.11 Å². The van der Waals surface area contributed by atoms with Gasteiger partial charge in [0.05, 0.1) is 11.6 Å². The van der Waals surface area contributed by atoms with Crippen LogP contribution in [0.3, 0.4) is 0 Å². The predicted octanol–water partition coefficient (Wildman–Crippen LogP) is 3.15. The Morgan fingerprint density at radius 1 is 1.17 bits per heavy atom. The highest BCUT2D eigenvalue weighted by molar-refractivity contribution is 5.43. The van der Waals surface area contributed by atoms with Crippen molar-refractivity contribution in [1.82, 2.24) is 0 Å². The average Bonchev–Trinajstić information content (AvgIpc) is 2.41. The van der Waals surface area contributed by atoms with Gasteiger partial charge in [-0.2, -0.15) is 5.26 Å². The van der Waals surface area contributed by atoms with E-state index >= 15 is 0 Å². The lowest BCUT2D eigenvalue weighted by Crippen LogP contribution is -1.99. The lowest BCUT2D eigenvalue weighted by atomic mass is 10.1. The van der Waals surface area contributed by atoms with Gasteiger partial charge in [-0.15, -0.1) is 0 Å². The molecular formula is C15H13NO2. The van der Waals surface area contributed by atoms with Crippen LogP contribution in [0, 0.1) is 18.3 Å². The molecule has 2 aromatic rings. The third-order valence-electron chi connectivity index (χ3n) is 2.78. The lowest BCUT2D eigenvalue weighted by Gasteiger charge is -2.10. The molecule has 3 nitrogen and oxygen atoms in total. The first-order chi connectivity index (χ1) is 8.72. The first-order valence-electron chi connectivity index (χ1n) is 5.61. The minimum atomic E-state index is 0.209. The van der Waals surface area contributed by atoms with Crippen molar-refractivity contribution in [2.75, 3.05) is 0 Å². The summed E-state index contributed by atoms with van der Waals surface area (Å²) in [6, 6.07) is 14.6. The van der Waals surface area contributed by atoms with E-state index < -0.39 is 0 Å².